The van der Waals surface area contributed by atoms with E-state index in [0.29, 0.717) is 31.6 Å². The van der Waals surface area contributed by atoms with Crippen molar-refractivity contribution in [2.45, 2.75) is 58.4 Å². The van der Waals surface area contributed by atoms with Gasteiger partial charge >= 0.3 is 0 Å². The number of hydrogen-bond donors (Lipinski definition) is 5. The molecule has 31 heavy (non-hydrogen) atoms. The van der Waals surface area contributed by atoms with Gasteiger partial charge in [-0.25, -0.2) is 10.1 Å². The number of benzene rings is 1. The van der Waals surface area contributed by atoms with Crippen LogP contribution >= 0.6 is 0 Å². The molecule has 0 heterocycles. The molecule has 0 fully saturated rings. The van der Waals surface area contributed by atoms with Crippen molar-refractivity contribution in [3.63, 3.8) is 0 Å². The Bertz CT molecular complexity index is 711. The van der Waals surface area contributed by atoms with Gasteiger partial charge in [-0.3, -0.25) is 15.0 Å². The number of nitrogens with one attached hydrogen (secondary N) is 5. The van der Waals surface area contributed by atoms with E-state index < -0.39 is 17.0 Å². The first kappa shape index (κ1) is 25.9. The van der Waals surface area contributed by atoms with Crippen LogP contribution in [0.4, 0.5) is 0 Å². The van der Waals surface area contributed by atoms with Crippen molar-refractivity contribution in [2.24, 2.45) is 5.92 Å². The smallest absolute Gasteiger partial charge is 0.251 e. The Labute approximate surface area is 183 Å². The third-order valence-electron chi connectivity index (χ3n) is 4.37. The number of guanidine groups is 1. The molecule has 1 rings (SSSR count). The molecule has 0 unspecified atom stereocenters. The number of aryl methyl sites for hydroxylation is 1. The summed E-state index contributed by atoms with van der Waals surface area (Å²) in [4.78, 5) is 35.2. The van der Waals surface area contributed by atoms with Gasteiger partial charge in [-0.15, -0.1) is 0 Å². The Kier molecular flexibility index (Phi) is 12.3. The van der Waals surface area contributed by atoms with Gasteiger partial charge in [0.25, 0.3) is 5.96 Å². The van der Waals surface area contributed by atoms with Crippen molar-refractivity contribution in [1.29, 1.82) is 5.41 Å². The molecule has 1 atom stereocenters. The zero-order valence-corrected chi connectivity index (χ0v) is 18.1. The second-order valence-corrected chi connectivity index (χ2v) is 7.61. The van der Waals surface area contributed by atoms with Gasteiger partial charge in [0.05, 0.1) is 0 Å². The summed E-state index contributed by atoms with van der Waals surface area (Å²) in [5.74, 6) is -0.525. The second-order valence-electron chi connectivity index (χ2n) is 7.61. The van der Waals surface area contributed by atoms with Crippen molar-refractivity contribution in [1.82, 2.24) is 21.4 Å². The number of hydrogen-bond acceptors (Lipinski definition) is 5. The number of carbonyl (C=O) groups excluding carboxylic acids is 2. The van der Waals surface area contributed by atoms with Gasteiger partial charge in [-0.2, -0.15) is 0 Å². The minimum absolute atomic E-state index is 0.198. The van der Waals surface area contributed by atoms with Crippen LogP contribution in [0.25, 0.3) is 0 Å². The highest BCUT2D eigenvalue weighted by Gasteiger charge is 2.20. The molecule has 0 aliphatic carbocycles. The maximum atomic E-state index is 12.5. The standard InChI is InChI=1S/C21H33N6O4/c1-16(2)13-15-23-20(29)18(11-7-14-24-21(22)26-27(30)31)25-19(28)12-6-10-17-8-4-3-5-9-17/h3-5,8-9,15-16,18H,6-7,10-14H2,1-2H3,(H,23,29)(H,25,28)(H3,22,24,26)/t18-/m0/s1. The topological polar surface area (TPSA) is 149 Å². The van der Waals surface area contributed by atoms with Crippen LogP contribution in [0, 0.1) is 28.0 Å². The normalized spacial score (nSPS) is 11.5. The van der Waals surface area contributed by atoms with E-state index in [1.54, 1.807) is 12.0 Å². The fraction of sp³-hybridized carbons (Fsp3) is 0.524. The first-order chi connectivity index (χ1) is 14.8. The highest BCUT2D eigenvalue weighted by Crippen LogP contribution is 2.06. The monoisotopic (exact) mass is 433 g/mol. The summed E-state index contributed by atoms with van der Waals surface area (Å²) in [7, 11) is 0. The van der Waals surface area contributed by atoms with Gasteiger partial charge in [0.1, 0.15) is 6.04 Å². The lowest BCUT2D eigenvalue weighted by Crippen LogP contribution is -2.46. The van der Waals surface area contributed by atoms with E-state index >= 15 is 0 Å². The van der Waals surface area contributed by atoms with Crippen LogP contribution in [0.3, 0.4) is 0 Å². The Morgan fingerprint density at radius 2 is 1.90 bits per heavy atom. The molecule has 0 spiro atoms. The minimum Gasteiger partial charge on any atom is -0.352 e. The Balaban J connectivity index is 2.47. The lowest BCUT2D eigenvalue weighted by Gasteiger charge is -2.19. The largest absolute Gasteiger partial charge is 0.352 e. The average Bonchev–Trinajstić information content (AvgIpc) is 2.70. The van der Waals surface area contributed by atoms with E-state index in [1.165, 1.54) is 0 Å². The van der Waals surface area contributed by atoms with E-state index in [0.717, 1.165) is 18.4 Å². The molecule has 1 aromatic carbocycles. The quantitative estimate of drug-likeness (QED) is 0.0994. The van der Waals surface area contributed by atoms with Crippen molar-refractivity contribution >= 4 is 17.8 Å². The molecule has 10 heteroatoms. The van der Waals surface area contributed by atoms with Crippen LogP contribution in [-0.2, 0) is 16.0 Å². The first-order valence-electron chi connectivity index (χ1n) is 10.5. The number of amides is 2. The molecule has 1 radical (unpaired) electrons. The molecule has 0 bridgehead atoms. The molecule has 171 valence electrons. The zero-order valence-electron chi connectivity index (χ0n) is 18.1. The summed E-state index contributed by atoms with van der Waals surface area (Å²) < 4.78 is 0. The third-order valence-corrected chi connectivity index (χ3v) is 4.37. The van der Waals surface area contributed by atoms with E-state index in [1.807, 2.05) is 44.2 Å². The van der Waals surface area contributed by atoms with E-state index in [4.69, 9.17) is 5.41 Å². The van der Waals surface area contributed by atoms with Crippen molar-refractivity contribution in [2.75, 3.05) is 6.54 Å². The average molecular weight is 434 g/mol. The molecule has 0 saturated carbocycles. The minimum atomic E-state index is -0.828. The number of nitrogens with zero attached hydrogens (tertiary/aromatic N) is 1. The molecule has 10 nitrogen and oxygen atoms in total. The Hall–Kier alpha value is -3.17. The van der Waals surface area contributed by atoms with E-state index in [9.17, 15) is 19.7 Å². The van der Waals surface area contributed by atoms with Gasteiger partial charge in [0.2, 0.25) is 11.8 Å². The summed E-state index contributed by atoms with van der Waals surface area (Å²) in [5, 5.41) is 24.9. The molecule has 2 amide bonds. The van der Waals surface area contributed by atoms with Crippen molar-refractivity contribution in [3.8, 4) is 0 Å². The van der Waals surface area contributed by atoms with E-state index in [-0.39, 0.29) is 18.4 Å². The lowest BCUT2D eigenvalue weighted by molar-refractivity contribution is -0.525. The van der Waals surface area contributed by atoms with Gasteiger partial charge < -0.3 is 16.0 Å². The SMILES string of the molecule is CC(C)C[CH]NC(=O)[C@H](CCCNC(=N)N[N+](=O)[O-])NC(=O)CCCc1ccccc1. The predicted molar refractivity (Wildman–Crippen MR) is 118 cm³/mol. The van der Waals surface area contributed by atoms with Crippen molar-refractivity contribution in [3.05, 3.63) is 52.6 Å². The number of rotatable bonds is 14. The molecule has 1 aromatic rings. The summed E-state index contributed by atoms with van der Waals surface area (Å²) in [5.41, 5.74) is 2.86. The molecule has 0 aliphatic rings. The highest BCUT2D eigenvalue weighted by molar-refractivity contribution is 5.87. The fourth-order valence-electron chi connectivity index (χ4n) is 2.78. The molecular weight excluding hydrogens is 400 g/mol. The Morgan fingerprint density at radius 3 is 2.55 bits per heavy atom. The summed E-state index contributed by atoms with van der Waals surface area (Å²) in [6.07, 6.45) is 3.26. The van der Waals surface area contributed by atoms with Crippen LogP contribution < -0.4 is 21.4 Å². The summed E-state index contributed by atoms with van der Waals surface area (Å²) in [6.45, 7) is 6.02. The van der Waals surface area contributed by atoms with Gasteiger partial charge in [-0.05, 0) is 43.6 Å². The van der Waals surface area contributed by atoms with Crippen molar-refractivity contribution < 1.29 is 14.6 Å². The highest BCUT2D eigenvalue weighted by atomic mass is 16.7. The van der Waals surface area contributed by atoms with Crippen LogP contribution in [0.1, 0.15) is 51.5 Å². The predicted octanol–water partition coefficient (Wildman–Crippen LogP) is 1.90. The third kappa shape index (κ3) is 12.9. The lowest BCUT2D eigenvalue weighted by atomic mass is 10.1. The Morgan fingerprint density at radius 1 is 1.19 bits per heavy atom. The van der Waals surface area contributed by atoms with Crippen LogP contribution in [0.15, 0.2) is 30.3 Å². The molecule has 0 saturated heterocycles. The van der Waals surface area contributed by atoms with Gasteiger partial charge in [0.15, 0.2) is 5.03 Å². The molecular formula is C21H33N6O4. The number of hydrazine groups is 1. The zero-order chi connectivity index (χ0) is 23.1. The molecule has 0 aliphatic heterocycles. The number of nitro groups is 1. The fourth-order valence-corrected chi connectivity index (χ4v) is 2.78. The van der Waals surface area contributed by atoms with Crippen LogP contribution in [0.5, 0.6) is 0 Å². The first-order valence-corrected chi connectivity index (χ1v) is 10.5. The maximum Gasteiger partial charge on any atom is 0.251 e. The van der Waals surface area contributed by atoms with Crippen LogP contribution in [-0.4, -0.2) is 35.4 Å². The molecule has 5 N–H and O–H groups in total. The van der Waals surface area contributed by atoms with Gasteiger partial charge in [0, 0.05) is 19.5 Å². The summed E-state index contributed by atoms with van der Waals surface area (Å²) in [6, 6.07) is 9.16. The summed E-state index contributed by atoms with van der Waals surface area (Å²) >= 11 is 0. The maximum absolute atomic E-state index is 12.5. The van der Waals surface area contributed by atoms with Crippen LogP contribution in [0.2, 0.25) is 0 Å². The number of carbonyl (C=O) groups is 2. The van der Waals surface area contributed by atoms with E-state index in [2.05, 4.69) is 16.0 Å². The van der Waals surface area contributed by atoms with Gasteiger partial charge in [-0.1, -0.05) is 49.6 Å². The molecule has 0 aromatic heterocycles. The second kappa shape index (κ2) is 14.8.